The maximum Gasteiger partial charge on any atom is 0.226 e. The molecule has 0 aliphatic heterocycles. The normalized spacial score (nSPS) is 11.5. The summed E-state index contributed by atoms with van der Waals surface area (Å²) in [7, 11) is 0. The van der Waals surface area contributed by atoms with Gasteiger partial charge in [-0.1, -0.05) is 0 Å². The molecule has 3 aromatic rings. The van der Waals surface area contributed by atoms with Crippen LogP contribution in [0.4, 0.5) is 13.2 Å². The zero-order valence-electron chi connectivity index (χ0n) is 8.42. The molecule has 8 heteroatoms. The number of phenolic OH excluding ortho intramolecular Hbond substituents is 1. The number of hydrogen-bond donors (Lipinski definition) is 2. The second-order valence-electron chi connectivity index (χ2n) is 3.54. The van der Waals surface area contributed by atoms with Crippen LogP contribution in [0.3, 0.4) is 0 Å². The van der Waals surface area contributed by atoms with Crippen molar-refractivity contribution in [1.82, 2.24) is 10.2 Å². The first-order valence-corrected chi connectivity index (χ1v) is 4.67. The number of rotatable bonds is 0. The van der Waals surface area contributed by atoms with E-state index < -0.39 is 39.6 Å². The molecular weight excluding hydrogens is 253 g/mol. The van der Waals surface area contributed by atoms with Gasteiger partial charge in [0.2, 0.25) is 28.6 Å². The van der Waals surface area contributed by atoms with Crippen LogP contribution in [-0.4, -0.2) is 15.3 Å². The smallest absolute Gasteiger partial charge is 0.226 e. The molecule has 0 unspecified atom stereocenters. The molecule has 2 aromatic heterocycles. The summed E-state index contributed by atoms with van der Waals surface area (Å²) in [6.07, 6.45) is 1.07. The second-order valence-corrected chi connectivity index (χ2v) is 3.54. The van der Waals surface area contributed by atoms with E-state index in [1.807, 2.05) is 0 Å². The Hall–Kier alpha value is -2.51. The zero-order valence-corrected chi connectivity index (χ0v) is 8.42. The lowest BCUT2D eigenvalue weighted by atomic mass is 10.1. The van der Waals surface area contributed by atoms with E-state index >= 15 is 0 Å². The van der Waals surface area contributed by atoms with Crippen LogP contribution in [0.15, 0.2) is 15.4 Å². The Morgan fingerprint density at radius 2 is 1.94 bits per heavy atom. The summed E-state index contributed by atoms with van der Waals surface area (Å²) in [6, 6.07) is 0. The lowest BCUT2D eigenvalue weighted by Crippen LogP contribution is -2.05. The molecule has 0 radical (unpaired) electrons. The molecule has 2 heterocycles. The average Bonchev–Trinajstić information content (AvgIpc) is 2.82. The van der Waals surface area contributed by atoms with Crippen LogP contribution in [0, 0.1) is 17.5 Å². The minimum Gasteiger partial charge on any atom is -0.504 e. The molecule has 2 N–H and O–H groups in total. The van der Waals surface area contributed by atoms with Crippen molar-refractivity contribution in [2.75, 3.05) is 0 Å². The van der Waals surface area contributed by atoms with Gasteiger partial charge in [0, 0.05) is 0 Å². The van der Waals surface area contributed by atoms with E-state index in [0.29, 0.717) is 0 Å². The predicted molar refractivity (Wildman–Crippen MR) is 53.7 cm³/mol. The standard InChI is InChI=1S/C10H3F3N2O3/c11-4-5(12)8(17)3-7(16)2-1-14-15-10(2)18-9(3)6(4)13/h1,17H,(H,14,15). The van der Waals surface area contributed by atoms with Crippen molar-refractivity contribution >= 4 is 22.1 Å². The van der Waals surface area contributed by atoms with Crippen LogP contribution in [0.5, 0.6) is 5.75 Å². The Labute approximate surface area is 95.4 Å². The largest absolute Gasteiger partial charge is 0.504 e. The van der Waals surface area contributed by atoms with Gasteiger partial charge in [-0.25, -0.2) is 9.49 Å². The number of halogens is 3. The van der Waals surface area contributed by atoms with Gasteiger partial charge >= 0.3 is 0 Å². The molecule has 3 rings (SSSR count). The van der Waals surface area contributed by atoms with Crippen LogP contribution in [-0.2, 0) is 0 Å². The Morgan fingerprint density at radius 3 is 2.67 bits per heavy atom. The molecular formula is C10H3F3N2O3. The molecule has 0 saturated heterocycles. The van der Waals surface area contributed by atoms with Crippen molar-refractivity contribution in [3.63, 3.8) is 0 Å². The summed E-state index contributed by atoms with van der Waals surface area (Å²) in [6.45, 7) is 0. The van der Waals surface area contributed by atoms with E-state index in [2.05, 4.69) is 10.2 Å². The van der Waals surface area contributed by atoms with Gasteiger partial charge in [-0.15, -0.1) is 0 Å². The van der Waals surface area contributed by atoms with E-state index in [0.717, 1.165) is 6.20 Å². The molecule has 92 valence electrons. The van der Waals surface area contributed by atoms with Gasteiger partial charge in [-0.3, -0.25) is 4.79 Å². The third-order valence-corrected chi connectivity index (χ3v) is 2.54. The van der Waals surface area contributed by atoms with Gasteiger partial charge in [0.1, 0.15) is 10.8 Å². The number of benzene rings is 1. The molecule has 0 saturated carbocycles. The van der Waals surface area contributed by atoms with Crippen molar-refractivity contribution in [2.24, 2.45) is 0 Å². The summed E-state index contributed by atoms with van der Waals surface area (Å²) in [5, 5.41) is 14.2. The Kier molecular flexibility index (Phi) is 1.92. The molecule has 0 aliphatic rings. The number of nitrogens with zero attached hydrogens (tertiary/aromatic N) is 1. The lowest BCUT2D eigenvalue weighted by Gasteiger charge is -2.04. The Bertz CT molecular complexity index is 853. The van der Waals surface area contributed by atoms with Gasteiger partial charge in [0.05, 0.1) is 6.20 Å². The monoisotopic (exact) mass is 256 g/mol. The molecule has 0 spiro atoms. The second kappa shape index (κ2) is 3.25. The van der Waals surface area contributed by atoms with Crippen LogP contribution >= 0.6 is 0 Å². The first kappa shape index (κ1) is 10.6. The van der Waals surface area contributed by atoms with E-state index in [1.54, 1.807) is 0 Å². The van der Waals surface area contributed by atoms with Crippen LogP contribution < -0.4 is 5.43 Å². The number of hydrogen-bond acceptors (Lipinski definition) is 4. The summed E-state index contributed by atoms with van der Waals surface area (Å²) >= 11 is 0. The fourth-order valence-corrected chi connectivity index (χ4v) is 1.68. The SMILES string of the molecule is O=c1c2cn[nH]c2oc2c(F)c(F)c(F)c(O)c12. The summed E-state index contributed by atoms with van der Waals surface area (Å²) < 4.78 is 44.6. The van der Waals surface area contributed by atoms with Crippen LogP contribution in [0.2, 0.25) is 0 Å². The van der Waals surface area contributed by atoms with Crippen LogP contribution in [0.25, 0.3) is 22.1 Å². The molecule has 1 aromatic carbocycles. The molecule has 0 bridgehead atoms. The molecule has 5 nitrogen and oxygen atoms in total. The van der Waals surface area contributed by atoms with Crippen LogP contribution in [0.1, 0.15) is 0 Å². The van der Waals surface area contributed by atoms with Gasteiger partial charge in [0.15, 0.2) is 11.3 Å². The maximum atomic E-state index is 13.5. The third-order valence-electron chi connectivity index (χ3n) is 2.54. The van der Waals surface area contributed by atoms with E-state index in [1.165, 1.54) is 0 Å². The van der Waals surface area contributed by atoms with Gasteiger partial charge in [0.25, 0.3) is 0 Å². The first-order valence-electron chi connectivity index (χ1n) is 4.67. The summed E-state index contributed by atoms with van der Waals surface area (Å²) in [5.41, 5.74) is -1.97. The maximum absolute atomic E-state index is 13.5. The molecule has 18 heavy (non-hydrogen) atoms. The van der Waals surface area contributed by atoms with Crippen molar-refractivity contribution in [1.29, 1.82) is 0 Å². The fraction of sp³-hybridized carbons (Fsp3) is 0. The van der Waals surface area contributed by atoms with E-state index in [4.69, 9.17) is 4.42 Å². The highest BCUT2D eigenvalue weighted by Gasteiger charge is 2.25. The minimum atomic E-state index is -1.91. The van der Waals surface area contributed by atoms with Gasteiger partial charge in [-0.2, -0.15) is 13.9 Å². The Balaban J connectivity index is 2.72. The highest BCUT2D eigenvalue weighted by Crippen LogP contribution is 2.31. The third kappa shape index (κ3) is 1.11. The predicted octanol–water partition coefficient (Wildman–Crippen LogP) is 1.79. The Morgan fingerprint density at radius 1 is 1.22 bits per heavy atom. The van der Waals surface area contributed by atoms with Gasteiger partial charge < -0.3 is 9.52 Å². The highest BCUT2D eigenvalue weighted by atomic mass is 19.2. The van der Waals surface area contributed by atoms with E-state index in [-0.39, 0.29) is 11.1 Å². The van der Waals surface area contributed by atoms with Crippen molar-refractivity contribution in [3.05, 3.63) is 33.9 Å². The molecule has 0 fully saturated rings. The zero-order chi connectivity index (χ0) is 13.0. The number of aromatic nitrogens is 2. The summed E-state index contributed by atoms with van der Waals surface area (Å²) in [5.74, 6) is -6.73. The van der Waals surface area contributed by atoms with Crippen molar-refractivity contribution in [3.8, 4) is 5.75 Å². The first-order chi connectivity index (χ1) is 8.52. The number of H-pyrrole nitrogens is 1. The van der Waals surface area contributed by atoms with E-state index in [9.17, 15) is 23.1 Å². The highest BCUT2D eigenvalue weighted by molar-refractivity contribution is 5.92. The minimum absolute atomic E-state index is 0.108. The van der Waals surface area contributed by atoms with Crippen molar-refractivity contribution in [2.45, 2.75) is 0 Å². The fourth-order valence-electron chi connectivity index (χ4n) is 1.68. The average molecular weight is 256 g/mol. The lowest BCUT2D eigenvalue weighted by molar-refractivity contribution is 0.389. The van der Waals surface area contributed by atoms with Crippen molar-refractivity contribution < 1.29 is 22.7 Å². The topological polar surface area (TPSA) is 79.1 Å². The van der Waals surface area contributed by atoms with Gasteiger partial charge in [-0.05, 0) is 0 Å². The quantitative estimate of drug-likeness (QED) is 0.601. The number of aromatic amines is 1. The molecule has 0 aliphatic carbocycles. The number of fused-ring (bicyclic) bond motifs is 2. The number of nitrogens with one attached hydrogen (secondary N) is 1. The molecule has 0 atom stereocenters. The number of aromatic hydroxyl groups is 1. The number of phenols is 1. The molecule has 0 amide bonds. The summed E-state index contributed by atoms with van der Waals surface area (Å²) in [4.78, 5) is 11.8.